The standard InChI is InChI=1S/C13H25N/c1-10(2)5-6-11-9-12(14)7-8-13(11,3)4/h11-12H,1,5-9,14H2,2-4H3. The second-order valence-corrected chi connectivity index (χ2v) is 5.72. The molecule has 1 aliphatic rings. The van der Waals surface area contributed by atoms with Gasteiger partial charge >= 0.3 is 0 Å². The average Bonchev–Trinajstić information content (AvgIpc) is 2.07. The molecule has 1 nitrogen and oxygen atoms in total. The Labute approximate surface area is 88.8 Å². The van der Waals surface area contributed by atoms with Gasteiger partial charge in [-0.25, -0.2) is 0 Å². The first-order chi connectivity index (χ1) is 6.42. The average molecular weight is 195 g/mol. The Kier molecular flexibility index (Phi) is 3.77. The molecule has 0 aromatic carbocycles. The molecule has 0 aliphatic heterocycles. The molecule has 1 rings (SSSR count). The third kappa shape index (κ3) is 3.13. The molecule has 1 aliphatic carbocycles. The largest absolute Gasteiger partial charge is 0.328 e. The normalized spacial score (nSPS) is 31.4. The number of rotatable bonds is 3. The molecule has 2 unspecified atom stereocenters. The van der Waals surface area contributed by atoms with Crippen LogP contribution in [-0.4, -0.2) is 6.04 Å². The molecule has 1 heteroatoms. The first-order valence-electron chi connectivity index (χ1n) is 5.82. The lowest BCUT2D eigenvalue weighted by atomic mass is 9.66. The number of nitrogens with two attached hydrogens (primary N) is 1. The van der Waals surface area contributed by atoms with Crippen molar-refractivity contribution in [2.45, 2.75) is 58.9 Å². The maximum atomic E-state index is 6.03. The van der Waals surface area contributed by atoms with Crippen molar-refractivity contribution in [1.29, 1.82) is 0 Å². The van der Waals surface area contributed by atoms with E-state index in [2.05, 4.69) is 27.4 Å². The molecule has 2 atom stereocenters. The summed E-state index contributed by atoms with van der Waals surface area (Å²) in [5.41, 5.74) is 7.83. The summed E-state index contributed by atoms with van der Waals surface area (Å²) in [5.74, 6) is 0.794. The molecule has 82 valence electrons. The number of hydrogen-bond donors (Lipinski definition) is 1. The summed E-state index contributed by atoms with van der Waals surface area (Å²) in [6.07, 6.45) is 6.14. The van der Waals surface area contributed by atoms with Gasteiger partial charge < -0.3 is 5.73 Å². The van der Waals surface area contributed by atoms with Crippen molar-refractivity contribution in [1.82, 2.24) is 0 Å². The van der Waals surface area contributed by atoms with E-state index >= 15 is 0 Å². The van der Waals surface area contributed by atoms with Gasteiger partial charge in [0.15, 0.2) is 0 Å². The lowest BCUT2D eigenvalue weighted by Crippen LogP contribution is -2.38. The summed E-state index contributed by atoms with van der Waals surface area (Å²) in [7, 11) is 0. The van der Waals surface area contributed by atoms with E-state index in [-0.39, 0.29) is 0 Å². The van der Waals surface area contributed by atoms with E-state index in [9.17, 15) is 0 Å². The highest BCUT2D eigenvalue weighted by atomic mass is 14.6. The van der Waals surface area contributed by atoms with Gasteiger partial charge in [0.05, 0.1) is 0 Å². The highest BCUT2D eigenvalue weighted by Gasteiger charge is 2.34. The van der Waals surface area contributed by atoms with Crippen LogP contribution in [0.3, 0.4) is 0 Å². The van der Waals surface area contributed by atoms with Crippen LogP contribution in [0.1, 0.15) is 52.9 Å². The summed E-state index contributed by atoms with van der Waals surface area (Å²) in [4.78, 5) is 0. The number of allylic oxidation sites excluding steroid dienone is 1. The molecule has 0 aromatic heterocycles. The molecule has 0 spiro atoms. The zero-order valence-electron chi connectivity index (χ0n) is 9.97. The third-order valence-corrected chi connectivity index (χ3v) is 3.77. The van der Waals surface area contributed by atoms with Gasteiger partial charge in [-0.15, -0.1) is 6.58 Å². The summed E-state index contributed by atoms with van der Waals surface area (Å²) in [5, 5.41) is 0. The zero-order valence-corrected chi connectivity index (χ0v) is 9.97. The van der Waals surface area contributed by atoms with Crippen LogP contribution in [0, 0.1) is 11.3 Å². The van der Waals surface area contributed by atoms with Crippen LogP contribution in [-0.2, 0) is 0 Å². The minimum Gasteiger partial charge on any atom is -0.328 e. The molecule has 0 saturated heterocycles. The van der Waals surface area contributed by atoms with Gasteiger partial charge in [0, 0.05) is 6.04 Å². The highest BCUT2D eigenvalue weighted by molar-refractivity contribution is 4.93. The van der Waals surface area contributed by atoms with Crippen molar-refractivity contribution >= 4 is 0 Å². The Bertz CT molecular complexity index is 205. The van der Waals surface area contributed by atoms with Gasteiger partial charge in [-0.05, 0) is 50.4 Å². The summed E-state index contributed by atoms with van der Waals surface area (Å²) >= 11 is 0. The second kappa shape index (κ2) is 4.48. The van der Waals surface area contributed by atoms with E-state index in [1.54, 1.807) is 0 Å². The van der Waals surface area contributed by atoms with E-state index in [0.717, 1.165) is 5.92 Å². The van der Waals surface area contributed by atoms with Crippen LogP contribution in [0.4, 0.5) is 0 Å². The zero-order chi connectivity index (χ0) is 10.8. The van der Waals surface area contributed by atoms with Gasteiger partial charge in [-0.3, -0.25) is 0 Å². The van der Waals surface area contributed by atoms with Crippen molar-refractivity contribution in [3.05, 3.63) is 12.2 Å². The first-order valence-corrected chi connectivity index (χ1v) is 5.82. The monoisotopic (exact) mass is 195 g/mol. The van der Waals surface area contributed by atoms with Crippen LogP contribution < -0.4 is 5.73 Å². The van der Waals surface area contributed by atoms with Crippen LogP contribution in [0.2, 0.25) is 0 Å². The predicted molar refractivity (Wildman–Crippen MR) is 63.1 cm³/mol. The van der Waals surface area contributed by atoms with Crippen molar-refractivity contribution in [3.63, 3.8) is 0 Å². The van der Waals surface area contributed by atoms with Gasteiger partial charge in [-0.2, -0.15) is 0 Å². The molecule has 2 N–H and O–H groups in total. The Balaban J connectivity index is 2.49. The Hall–Kier alpha value is -0.300. The van der Waals surface area contributed by atoms with Crippen LogP contribution >= 0.6 is 0 Å². The third-order valence-electron chi connectivity index (χ3n) is 3.77. The Morgan fingerprint density at radius 2 is 2.14 bits per heavy atom. The van der Waals surface area contributed by atoms with Crippen molar-refractivity contribution in [3.8, 4) is 0 Å². The number of hydrogen-bond acceptors (Lipinski definition) is 1. The quantitative estimate of drug-likeness (QED) is 0.685. The van der Waals surface area contributed by atoms with Crippen LogP contribution in [0.15, 0.2) is 12.2 Å². The molecule has 0 aromatic rings. The van der Waals surface area contributed by atoms with Crippen LogP contribution in [0.5, 0.6) is 0 Å². The fourth-order valence-electron chi connectivity index (χ4n) is 2.49. The molecule has 0 bridgehead atoms. The summed E-state index contributed by atoms with van der Waals surface area (Å²) in [6.45, 7) is 10.9. The molecule has 0 radical (unpaired) electrons. The van der Waals surface area contributed by atoms with Gasteiger partial charge in [0.2, 0.25) is 0 Å². The molecular weight excluding hydrogens is 170 g/mol. The maximum absolute atomic E-state index is 6.03. The first kappa shape index (κ1) is 11.8. The van der Waals surface area contributed by atoms with Crippen LogP contribution in [0.25, 0.3) is 0 Å². The minimum absolute atomic E-state index is 0.443. The van der Waals surface area contributed by atoms with E-state index in [1.807, 2.05) is 0 Å². The topological polar surface area (TPSA) is 26.0 Å². The highest BCUT2D eigenvalue weighted by Crippen LogP contribution is 2.42. The Morgan fingerprint density at radius 1 is 1.50 bits per heavy atom. The SMILES string of the molecule is C=C(C)CCC1CC(N)CCC1(C)C. The fourth-order valence-corrected chi connectivity index (χ4v) is 2.49. The van der Waals surface area contributed by atoms with Crippen molar-refractivity contribution in [2.24, 2.45) is 17.1 Å². The molecule has 0 heterocycles. The lowest BCUT2D eigenvalue weighted by molar-refractivity contribution is 0.116. The maximum Gasteiger partial charge on any atom is 0.00418 e. The fraction of sp³-hybridized carbons (Fsp3) is 0.846. The molecule has 1 saturated carbocycles. The summed E-state index contributed by atoms with van der Waals surface area (Å²) < 4.78 is 0. The molecule has 0 amide bonds. The minimum atomic E-state index is 0.443. The van der Waals surface area contributed by atoms with Gasteiger partial charge in [0.1, 0.15) is 0 Å². The van der Waals surface area contributed by atoms with E-state index in [1.165, 1.54) is 37.7 Å². The van der Waals surface area contributed by atoms with E-state index < -0.39 is 0 Å². The molecule has 14 heavy (non-hydrogen) atoms. The molecular formula is C13H25N. The smallest absolute Gasteiger partial charge is 0.00418 e. The van der Waals surface area contributed by atoms with Gasteiger partial charge in [-0.1, -0.05) is 19.4 Å². The Morgan fingerprint density at radius 3 is 2.71 bits per heavy atom. The second-order valence-electron chi connectivity index (χ2n) is 5.72. The summed E-state index contributed by atoms with van der Waals surface area (Å²) in [6, 6.07) is 0.443. The van der Waals surface area contributed by atoms with E-state index in [0.29, 0.717) is 11.5 Å². The predicted octanol–water partition coefficient (Wildman–Crippen LogP) is 3.50. The van der Waals surface area contributed by atoms with Crippen molar-refractivity contribution < 1.29 is 0 Å². The van der Waals surface area contributed by atoms with Crippen molar-refractivity contribution in [2.75, 3.05) is 0 Å². The van der Waals surface area contributed by atoms with Gasteiger partial charge in [0.25, 0.3) is 0 Å². The lowest BCUT2D eigenvalue weighted by Gasteiger charge is -2.41. The molecule has 1 fully saturated rings. The van der Waals surface area contributed by atoms with E-state index in [4.69, 9.17) is 5.73 Å².